The highest BCUT2D eigenvalue weighted by Gasteiger charge is 2.35. The number of hydrogen-bond acceptors (Lipinski definition) is 7. The number of fused-ring (bicyclic) bond motifs is 1. The first kappa shape index (κ1) is 27.9. The van der Waals surface area contributed by atoms with Gasteiger partial charge < -0.3 is 19.2 Å². The standard InChI is InChI=1S/C31H29N3O6S/c1-5-33(6-2)29(36)26-18(3)32-31-34(27(26)22-12-7-8-13-24(22)39-4)28(35)25(41-31)17-21-14-15-23(40-21)19-10-9-11-20(16-19)30(37)38/h7-17,27H,5-6H2,1-4H3,(H,37,38)/b25-17+/t27-/m1/s1. The number of ether oxygens (including phenoxy) is 1. The smallest absolute Gasteiger partial charge is 0.335 e. The second kappa shape index (κ2) is 11.4. The topological polar surface area (TPSA) is 114 Å². The van der Waals surface area contributed by atoms with E-state index in [1.807, 2.05) is 38.1 Å². The molecule has 1 aliphatic rings. The number of likely N-dealkylation sites (N-methyl/N-ethyl adjacent to an activating group) is 1. The Bertz CT molecular complexity index is 1860. The van der Waals surface area contributed by atoms with Crippen LogP contribution >= 0.6 is 11.3 Å². The lowest BCUT2D eigenvalue weighted by atomic mass is 9.94. The van der Waals surface area contributed by atoms with Gasteiger partial charge in [-0.1, -0.05) is 41.7 Å². The Morgan fingerprint density at radius 2 is 1.88 bits per heavy atom. The number of carbonyl (C=O) groups excluding carboxylic acids is 1. The van der Waals surface area contributed by atoms with Gasteiger partial charge in [-0.05, 0) is 51.1 Å². The van der Waals surface area contributed by atoms with Gasteiger partial charge in [0.25, 0.3) is 11.5 Å². The zero-order valence-corrected chi connectivity index (χ0v) is 23.9. The molecular formula is C31H29N3O6S. The second-order valence-electron chi connectivity index (χ2n) is 9.39. The van der Waals surface area contributed by atoms with E-state index in [1.165, 1.54) is 23.5 Å². The zero-order chi connectivity index (χ0) is 29.3. The molecule has 0 saturated heterocycles. The molecule has 9 nitrogen and oxygen atoms in total. The normalized spacial score (nSPS) is 14.9. The van der Waals surface area contributed by atoms with Crippen molar-refractivity contribution in [3.8, 4) is 17.1 Å². The highest BCUT2D eigenvalue weighted by molar-refractivity contribution is 7.07. The summed E-state index contributed by atoms with van der Waals surface area (Å²) in [5.41, 5.74) is 2.10. The van der Waals surface area contributed by atoms with Crippen LogP contribution in [0.3, 0.4) is 0 Å². The van der Waals surface area contributed by atoms with Gasteiger partial charge >= 0.3 is 5.97 Å². The number of allylic oxidation sites excluding steroid dienone is 1. The van der Waals surface area contributed by atoms with Gasteiger partial charge in [0.2, 0.25) is 0 Å². The number of rotatable bonds is 8. The van der Waals surface area contributed by atoms with E-state index in [0.29, 0.717) is 62.1 Å². The Morgan fingerprint density at radius 1 is 1.12 bits per heavy atom. The fourth-order valence-corrected chi connectivity index (χ4v) is 6.01. The number of amides is 1. The number of carbonyl (C=O) groups is 2. The maximum atomic E-state index is 14.0. The summed E-state index contributed by atoms with van der Waals surface area (Å²) in [7, 11) is 1.56. The van der Waals surface area contributed by atoms with Crippen LogP contribution in [-0.2, 0) is 4.79 Å². The summed E-state index contributed by atoms with van der Waals surface area (Å²) in [5.74, 6) is 0.252. The molecule has 1 N–H and O–H groups in total. The highest BCUT2D eigenvalue weighted by Crippen LogP contribution is 2.36. The third-order valence-corrected chi connectivity index (χ3v) is 8.01. The van der Waals surface area contributed by atoms with Crippen LogP contribution in [-0.4, -0.2) is 46.6 Å². The molecule has 5 rings (SSSR count). The minimum Gasteiger partial charge on any atom is -0.496 e. The number of aromatic nitrogens is 1. The summed E-state index contributed by atoms with van der Waals surface area (Å²) in [6.07, 6.45) is 1.64. The van der Waals surface area contributed by atoms with E-state index in [1.54, 1.807) is 53.8 Å². The van der Waals surface area contributed by atoms with Crippen LogP contribution in [0.1, 0.15) is 48.5 Å². The Balaban J connectivity index is 1.65. The van der Waals surface area contributed by atoms with Crippen molar-refractivity contribution < 1.29 is 23.8 Å². The fraction of sp³-hybridized carbons (Fsp3) is 0.226. The average Bonchev–Trinajstić information content (AvgIpc) is 3.57. The number of benzene rings is 2. The molecule has 41 heavy (non-hydrogen) atoms. The number of carboxylic acids is 1. The predicted molar refractivity (Wildman–Crippen MR) is 156 cm³/mol. The lowest BCUT2D eigenvalue weighted by Gasteiger charge is -2.29. The van der Waals surface area contributed by atoms with Gasteiger partial charge in [0, 0.05) is 30.3 Å². The van der Waals surface area contributed by atoms with Crippen molar-refractivity contribution in [2.24, 2.45) is 4.99 Å². The fourth-order valence-electron chi connectivity index (χ4n) is 4.98. The predicted octanol–water partition coefficient (Wildman–Crippen LogP) is 4.07. The number of aromatic carboxylic acids is 1. The van der Waals surface area contributed by atoms with Crippen LogP contribution in [0.15, 0.2) is 86.1 Å². The maximum Gasteiger partial charge on any atom is 0.335 e. The molecule has 0 aliphatic carbocycles. The molecule has 4 aromatic rings. The Morgan fingerprint density at radius 3 is 2.59 bits per heavy atom. The molecule has 0 radical (unpaired) electrons. The van der Waals surface area contributed by atoms with E-state index in [0.717, 1.165) is 0 Å². The summed E-state index contributed by atoms with van der Waals surface area (Å²) < 4.78 is 13.6. The molecule has 3 heterocycles. The minimum atomic E-state index is -1.03. The van der Waals surface area contributed by atoms with Crippen molar-refractivity contribution in [2.75, 3.05) is 20.2 Å². The first-order valence-corrected chi connectivity index (χ1v) is 14.0. The molecule has 2 aromatic carbocycles. The van der Waals surface area contributed by atoms with E-state index in [2.05, 4.69) is 0 Å². The zero-order valence-electron chi connectivity index (χ0n) is 23.1. The lowest BCUT2D eigenvalue weighted by Crippen LogP contribution is -2.43. The van der Waals surface area contributed by atoms with Crippen LogP contribution in [0, 0.1) is 0 Å². The number of nitrogens with zero attached hydrogens (tertiary/aromatic N) is 3. The van der Waals surface area contributed by atoms with Crippen molar-refractivity contribution in [3.63, 3.8) is 0 Å². The lowest BCUT2D eigenvalue weighted by molar-refractivity contribution is -0.127. The van der Waals surface area contributed by atoms with Gasteiger partial charge in [-0.25, -0.2) is 9.79 Å². The van der Waals surface area contributed by atoms with E-state index >= 15 is 0 Å². The Kier molecular flexibility index (Phi) is 7.76. The van der Waals surface area contributed by atoms with Gasteiger partial charge in [-0.2, -0.15) is 0 Å². The number of thiazole rings is 1. The molecule has 0 saturated carbocycles. The number of furan rings is 1. The molecule has 0 bridgehead atoms. The van der Waals surface area contributed by atoms with E-state index in [-0.39, 0.29) is 17.0 Å². The molecule has 1 aliphatic heterocycles. The molecule has 210 valence electrons. The minimum absolute atomic E-state index is 0.149. The summed E-state index contributed by atoms with van der Waals surface area (Å²) in [6.45, 7) is 6.66. The third-order valence-electron chi connectivity index (χ3n) is 7.03. The van der Waals surface area contributed by atoms with E-state index in [9.17, 15) is 19.5 Å². The van der Waals surface area contributed by atoms with Crippen molar-refractivity contribution in [2.45, 2.75) is 26.8 Å². The molecule has 10 heteroatoms. The monoisotopic (exact) mass is 571 g/mol. The molecule has 1 atom stereocenters. The van der Waals surface area contributed by atoms with Gasteiger partial charge in [-0.15, -0.1) is 0 Å². The van der Waals surface area contributed by atoms with E-state index < -0.39 is 12.0 Å². The third kappa shape index (κ3) is 5.14. The summed E-state index contributed by atoms with van der Waals surface area (Å²) in [5, 5.41) is 9.32. The maximum absolute atomic E-state index is 14.0. The molecule has 1 amide bonds. The largest absolute Gasteiger partial charge is 0.496 e. The van der Waals surface area contributed by atoms with Crippen molar-refractivity contribution >= 4 is 29.3 Å². The number of hydrogen-bond donors (Lipinski definition) is 1. The van der Waals surface area contributed by atoms with Crippen LogP contribution < -0.4 is 19.6 Å². The first-order valence-electron chi connectivity index (χ1n) is 13.2. The molecular weight excluding hydrogens is 542 g/mol. The average molecular weight is 572 g/mol. The first-order chi connectivity index (χ1) is 19.8. The van der Waals surface area contributed by atoms with Crippen LogP contribution in [0.4, 0.5) is 0 Å². The van der Waals surface area contributed by atoms with Crippen LogP contribution in [0.5, 0.6) is 5.75 Å². The highest BCUT2D eigenvalue weighted by atomic mass is 32.1. The second-order valence-corrected chi connectivity index (χ2v) is 10.4. The van der Waals surface area contributed by atoms with Gasteiger partial charge in [0.15, 0.2) is 4.80 Å². The van der Waals surface area contributed by atoms with Crippen molar-refractivity contribution in [1.82, 2.24) is 9.47 Å². The quantitative estimate of drug-likeness (QED) is 0.341. The number of methoxy groups -OCH3 is 1. The Labute approximate surface area is 240 Å². The van der Waals surface area contributed by atoms with Crippen LogP contribution in [0.25, 0.3) is 17.4 Å². The van der Waals surface area contributed by atoms with Crippen LogP contribution in [0.2, 0.25) is 0 Å². The van der Waals surface area contributed by atoms with Gasteiger partial charge in [0.1, 0.15) is 23.3 Å². The SMILES string of the molecule is CCN(CC)C(=O)C1=C(C)N=c2s/c(=C/c3ccc(-c4cccc(C(=O)O)c4)o3)c(=O)n2[C@@H]1c1ccccc1OC. The summed E-state index contributed by atoms with van der Waals surface area (Å²) >= 11 is 1.21. The number of carboxylic acid groups (broad SMARTS) is 1. The number of para-hydroxylation sites is 1. The molecule has 2 aromatic heterocycles. The van der Waals surface area contributed by atoms with Gasteiger partial charge in [-0.3, -0.25) is 14.2 Å². The summed E-state index contributed by atoms with van der Waals surface area (Å²) in [4.78, 5) is 46.0. The molecule has 0 unspecified atom stereocenters. The Hall–Kier alpha value is -4.70. The van der Waals surface area contributed by atoms with Crippen molar-refractivity contribution in [3.05, 3.63) is 109 Å². The summed E-state index contributed by atoms with van der Waals surface area (Å²) in [6, 6.07) is 16.5. The van der Waals surface area contributed by atoms with E-state index in [4.69, 9.17) is 14.1 Å². The molecule has 0 spiro atoms. The molecule has 0 fully saturated rings. The van der Waals surface area contributed by atoms with Gasteiger partial charge in [0.05, 0.1) is 28.5 Å². The van der Waals surface area contributed by atoms with Crippen molar-refractivity contribution in [1.29, 1.82) is 0 Å².